The molecule has 0 fully saturated rings. The van der Waals surface area contributed by atoms with Gasteiger partial charge in [-0.05, 0) is 16.7 Å². The smallest absolute Gasteiger partial charge is 0.260 e. The Morgan fingerprint density at radius 3 is 1.91 bits per heavy atom. The first-order valence-corrected chi connectivity index (χ1v) is 11.5. The first-order chi connectivity index (χ1) is 15.8. The van der Waals surface area contributed by atoms with E-state index in [0.717, 1.165) is 29.0 Å². The van der Waals surface area contributed by atoms with Gasteiger partial charge in [0.25, 0.3) is 5.56 Å². The molecule has 2 heterocycles. The monoisotopic (exact) mass is 437 g/mol. The molecule has 5 heteroatoms. The molecule has 0 saturated carbocycles. The van der Waals surface area contributed by atoms with Crippen molar-refractivity contribution in [1.29, 1.82) is 0 Å². The molecule has 0 bridgehead atoms. The van der Waals surface area contributed by atoms with Gasteiger partial charge in [0, 0.05) is 24.0 Å². The Morgan fingerprint density at radius 2 is 1.31 bits per heavy atom. The summed E-state index contributed by atoms with van der Waals surface area (Å²) in [6.45, 7) is 2.11. The third kappa shape index (κ3) is 4.54. The molecule has 0 aliphatic heterocycles. The second-order valence-corrected chi connectivity index (χ2v) is 8.68. The van der Waals surface area contributed by atoms with Crippen LogP contribution in [0.5, 0.6) is 0 Å². The Balaban J connectivity index is 1.46. The van der Waals surface area contributed by atoms with E-state index in [2.05, 4.69) is 58.4 Å². The van der Waals surface area contributed by atoms with Gasteiger partial charge in [0.05, 0.1) is 11.9 Å². The second-order valence-electron chi connectivity index (χ2n) is 7.82. The van der Waals surface area contributed by atoms with E-state index in [-0.39, 0.29) is 5.56 Å². The molecule has 32 heavy (non-hydrogen) atoms. The number of H-pyrrole nitrogens is 1. The quantitative estimate of drug-likeness (QED) is 0.347. The van der Waals surface area contributed by atoms with Crippen molar-refractivity contribution in [3.8, 4) is 11.1 Å². The van der Waals surface area contributed by atoms with Gasteiger partial charge in [-0.25, -0.2) is 4.98 Å². The molecule has 0 radical (unpaired) electrons. The zero-order chi connectivity index (χ0) is 21.8. The highest BCUT2D eigenvalue weighted by atomic mass is 32.1. The maximum Gasteiger partial charge on any atom is 0.260 e. The highest BCUT2D eigenvalue weighted by molar-refractivity contribution is 7.17. The van der Waals surface area contributed by atoms with E-state index in [1.165, 1.54) is 22.5 Å². The lowest BCUT2D eigenvalue weighted by molar-refractivity contribution is 0.241. The number of aromatic nitrogens is 2. The summed E-state index contributed by atoms with van der Waals surface area (Å²) in [4.78, 5) is 24.0. The van der Waals surface area contributed by atoms with E-state index in [4.69, 9.17) is 4.98 Å². The Morgan fingerprint density at radius 1 is 0.750 bits per heavy atom. The van der Waals surface area contributed by atoms with Gasteiger partial charge in [0.2, 0.25) is 0 Å². The number of hydrogen-bond acceptors (Lipinski definition) is 4. The van der Waals surface area contributed by atoms with Gasteiger partial charge in [-0.2, -0.15) is 0 Å². The van der Waals surface area contributed by atoms with Crippen LogP contribution < -0.4 is 5.56 Å². The van der Waals surface area contributed by atoms with E-state index in [1.54, 1.807) is 0 Å². The summed E-state index contributed by atoms with van der Waals surface area (Å²) >= 11 is 1.52. The van der Waals surface area contributed by atoms with Gasteiger partial charge < -0.3 is 4.98 Å². The number of benzene rings is 3. The zero-order valence-electron chi connectivity index (χ0n) is 17.6. The van der Waals surface area contributed by atoms with Crippen molar-refractivity contribution in [2.24, 2.45) is 0 Å². The molecule has 0 aliphatic carbocycles. The van der Waals surface area contributed by atoms with Gasteiger partial charge in [-0.1, -0.05) is 91.0 Å². The van der Waals surface area contributed by atoms with E-state index in [9.17, 15) is 4.79 Å². The fourth-order valence-electron chi connectivity index (χ4n) is 3.96. The molecule has 2 aromatic heterocycles. The van der Waals surface area contributed by atoms with Crippen molar-refractivity contribution >= 4 is 21.6 Å². The molecule has 0 amide bonds. The number of nitrogens with zero attached hydrogens (tertiary/aromatic N) is 2. The van der Waals surface area contributed by atoms with Crippen LogP contribution in [0.1, 0.15) is 17.0 Å². The molecular weight excluding hydrogens is 414 g/mol. The van der Waals surface area contributed by atoms with E-state index in [0.29, 0.717) is 17.8 Å². The lowest BCUT2D eigenvalue weighted by Gasteiger charge is -2.22. The maximum absolute atomic E-state index is 13.0. The van der Waals surface area contributed by atoms with Crippen molar-refractivity contribution in [3.63, 3.8) is 0 Å². The molecule has 0 unspecified atom stereocenters. The topological polar surface area (TPSA) is 49.0 Å². The van der Waals surface area contributed by atoms with E-state index >= 15 is 0 Å². The van der Waals surface area contributed by atoms with Gasteiger partial charge in [0.1, 0.15) is 10.7 Å². The predicted octanol–water partition coefficient (Wildman–Crippen LogP) is 5.85. The van der Waals surface area contributed by atoms with E-state index in [1.807, 2.05) is 47.8 Å². The summed E-state index contributed by atoms with van der Waals surface area (Å²) in [5.74, 6) is 0.691. The summed E-state index contributed by atoms with van der Waals surface area (Å²) < 4.78 is 0. The van der Waals surface area contributed by atoms with Crippen LogP contribution in [0.4, 0.5) is 0 Å². The van der Waals surface area contributed by atoms with Crippen LogP contribution in [0.25, 0.3) is 21.3 Å². The fraction of sp³-hybridized carbons (Fsp3) is 0.111. The van der Waals surface area contributed by atoms with Gasteiger partial charge in [0.15, 0.2) is 0 Å². The molecule has 5 rings (SSSR count). The molecule has 158 valence electrons. The summed E-state index contributed by atoms with van der Waals surface area (Å²) in [5.41, 5.74) is 4.36. The maximum atomic E-state index is 13.0. The molecular formula is C27H23N3OS. The van der Waals surface area contributed by atoms with Crippen LogP contribution in [0, 0.1) is 0 Å². The van der Waals surface area contributed by atoms with Crippen molar-refractivity contribution in [3.05, 3.63) is 124 Å². The normalized spacial score (nSPS) is 11.3. The number of hydrogen-bond donors (Lipinski definition) is 1. The SMILES string of the molecule is O=c1[nH]c(CN(Cc2ccccc2)Cc2ccccc2)nc2scc(-c3ccccc3)c12. The van der Waals surface area contributed by atoms with Crippen LogP contribution in [0.2, 0.25) is 0 Å². The van der Waals surface area contributed by atoms with Crippen LogP contribution in [-0.2, 0) is 19.6 Å². The molecule has 4 nitrogen and oxygen atoms in total. The minimum Gasteiger partial charge on any atom is -0.309 e. The van der Waals surface area contributed by atoms with Crippen LogP contribution in [0.15, 0.2) is 101 Å². The second kappa shape index (κ2) is 9.30. The van der Waals surface area contributed by atoms with Crippen LogP contribution >= 0.6 is 11.3 Å². The largest absolute Gasteiger partial charge is 0.309 e. The summed E-state index contributed by atoms with van der Waals surface area (Å²) in [6, 6.07) is 30.8. The zero-order valence-corrected chi connectivity index (χ0v) is 18.4. The summed E-state index contributed by atoms with van der Waals surface area (Å²) in [7, 11) is 0. The van der Waals surface area contributed by atoms with Crippen molar-refractivity contribution < 1.29 is 0 Å². The first-order valence-electron chi connectivity index (χ1n) is 10.6. The fourth-order valence-corrected chi connectivity index (χ4v) is 4.93. The van der Waals surface area contributed by atoms with Gasteiger partial charge in [-0.15, -0.1) is 11.3 Å². The van der Waals surface area contributed by atoms with Crippen LogP contribution in [0.3, 0.4) is 0 Å². The molecule has 3 aromatic carbocycles. The average molecular weight is 438 g/mol. The number of nitrogens with one attached hydrogen (secondary N) is 1. The minimum absolute atomic E-state index is 0.0792. The minimum atomic E-state index is -0.0792. The third-order valence-electron chi connectivity index (χ3n) is 5.45. The molecule has 0 aliphatic rings. The number of fused-ring (bicyclic) bond motifs is 1. The summed E-state index contributed by atoms with van der Waals surface area (Å²) in [5, 5.41) is 2.69. The number of aromatic amines is 1. The number of thiophene rings is 1. The van der Waals surface area contributed by atoms with Gasteiger partial charge >= 0.3 is 0 Å². The summed E-state index contributed by atoms with van der Waals surface area (Å²) in [6.07, 6.45) is 0. The van der Waals surface area contributed by atoms with E-state index < -0.39 is 0 Å². The molecule has 1 N–H and O–H groups in total. The Hall–Kier alpha value is -3.54. The van der Waals surface area contributed by atoms with Crippen LogP contribution in [-0.4, -0.2) is 14.9 Å². The van der Waals surface area contributed by atoms with Crippen molar-refractivity contribution in [2.45, 2.75) is 19.6 Å². The predicted molar refractivity (Wildman–Crippen MR) is 132 cm³/mol. The standard InChI is InChI=1S/C27H23N3OS/c31-26-25-23(22-14-8-3-9-15-22)19-32-27(25)29-24(28-26)18-30(16-20-10-4-1-5-11-20)17-21-12-6-2-7-13-21/h1-15,19H,16-18H2,(H,28,29,31). The highest BCUT2D eigenvalue weighted by Gasteiger charge is 2.15. The highest BCUT2D eigenvalue weighted by Crippen LogP contribution is 2.30. The van der Waals surface area contributed by atoms with Gasteiger partial charge in [-0.3, -0.25) is 9.69 Å². The molecule has 0 saturated heterocycles. The average Bonchev–Trinajstić information content (AvgIpc) is 3.26. The lowest BCUT2D eigenvalue weighted by atomic mass is 10.1. The number of rotatable bonds is 7. The molecule has 0 spiro atoms. The molecule has 0 atom stereocenters. The first kappa shape index (κ1) is 20.4. The Bertz CT molecular complexity index is 1320. The Kier molecular flexibility index (Phi) is 5.92. The molecule has 5 aromatic rings. The third-order valence-corrected chi connectivity index (χ3v) is 6.32. The van der Waals surface area contributed by atoms with Crippen molar-refractivity contribution in [1.82, 2.24) is 14.9 Å². The lowest BCUT2D eigenvalue weighted by Crippen LogP contribution is -2.25. The van der Waals surface area contributed by atoms with Crippen molar-refractivity contribution in [2.75, 3.05) is 0 Å². The Labute approximate surface area is 190 Å².